The predicted octanol–water partition coefficient (Wildman–Crippen LogP) is 18.0. The highest BCUT2D eigenvalue weighted by Gasteiger charge is 2.25. The first-order valence-electron chi connectivity index (χ1n) is 25.1. The third-order valence-corrected chi connectivity index (χ3v) is 12.8. The number of carbonyl (C=O) groups excluding carboxylic acids is 2. The van der Waals surface area contributed by atoms with Crippen molar-refractivity contribution in [3.63, 3.8) is 0 Å². The first kappa shape index (κ1) is 48.4. The molecule has 6 aromatic rings. The molecule has 64 heavy (non-hydrogen) atoms. The number of hydrogen-bond donors (Lipinski definition) is 0. The minimum absolute atomic E-state index is 0.336. The normalized spacial score (nSPS) is 11.5. The summed E-state index contributed by atoms with van der Waals surface area (Å²) in [5.41, 5.74) is 4.57. The lowest BCUT2D eigenvalue weighted by Gasteiger charge is -2.22. The van der Waals surface area contributed by atoms with E-state index in [2.05, 4.69) is 88.4 Å². The Morgan fingerprint density at radius 1 is 0.359 bits per heavy atom. The van der Waals surface area contributed by atoms with E-state index in [1.165, 1.54) is 75.3 Å². The Kier molecular flexibility index (Phi) is 19.7. The van der Waals surface area contributed by atoms with Gasteiger partial charge in [-0.25, -0.2) is 9.59 Å². The molecule has 6 nitrogen and oxygen atoms in total. The van der Waals surface area contributed by atoms with Crippen molar-refractivity contribution in [3.8, 4) is 22.6 Å². The molecule has 6 aromatic carbocycles. The van der Waals surface area contributed by atoms with Gasteiger partial charge in [0.25, 0.3) is 0 Å². The van der Waals surface area contributed by atoms with Gasteiger partial charge in [-0.1, -0.05) is 215 Å². The van der Waals surface area contributed by atoms with Gasteiger partial charge in [0, 0.05) is 21.5 Å². The fourth-order valence-electron chi connectivity index (χ4n) is 9.21. The Morgan fingerprint density at radius 2 is 0.688 bits per heavy atom. The van der Waals surface area contributed by atoms with E-state index in [0.717, 1.165) is 131 Å². The van der Waals surface area contributed by atoms with Crippen molar-refractivity contribution in [3.05, 3.63) is 96.1 Å². The molecular weight excluding hydrogens is 793 g/mol. The number of hydrogen-bond acceptors (Lipinski definition) is 6. The maximum atomic E-state index is 13.5. The Balaban J connectivity index is 1.41. The monoisotopic (exact) mass is 867 g/mol. The molecule has 0 aromatic heterocycles. The molecule has 0 saturated carbocycles. The Morgan fingerprint density at radius 3 is 1.06 bits per heavy atom. The molecule has 6 heteroatoms. The zero-order chi connectivity index (χ0) is 44.9. The summed E-state index contributed by atoms with van der Waals surface area (Å²) in [6.07, 6.45) is 23.5. The summed E-state index contributed by atoms with van der Waals surface area (Å²) in [5, 5.41) is 7.31. The van der Waals surface area contributed by atoms with Crippen molar-refractivity contribution < 1.29 is 28.5 Å². The highest BCUT2D eigenvalue weighted by atomic mass is 16.7. The summed E-state index contributed by atoms with van der Waals surface area (Å²) in [4.78, 5) is 27.1. The van der Waals surface area contributed by atoms with E-state index >= 15 is 0 Å². The van der Waals surface area contributed by atoms with E-state index in [1.54, 1.807) is 0 Å². The van der Waals surface area contributed by atoms with Crippen molar-refractivity contribution in [1.82, 2.24) is 0 Å². The van der Waals surface area contributed by atoms with Gasteiger partial charge in [-0.2, -0.15) is 0 Å². The molecule has 342 valence electrons. The average Bonchev–Trinajstić information content (AvgIpc) is 3.31. The van der Waals surface area contributed by atoms with Crippen LogP contribution < -0.4 is 9.47 Å². The van der Waals surface area contributed by atoms with E-state index in [1.807, 2.05) is 24.3 Å². The van der Waals surface area contributed by atoms with Crippen LogP contribution in [0.2, 0.25) is 0 Å². The molecule has 0 unspecified atom stereocenters. The molecule has 6 rings (SSSR count). The Labute approximate surface area is 383 Å². The van der Waals surface area contributed by atoms with E-state index < -0.39 is 12.3 Å². The van der Waals surface area contributed by atoms with Gasteiger partial charge in [0.1, 0.15) is 11.5 Å². The largest absolute Gasteiger partial charge is 0.513 e. The molecule has 0 aliphatic heterocycles. The van der Waals surface area contributed by atoms with Gasteiger partial charge in [0.05, 0.1) is 13.2 Å². The first-order chi connectivity index (χ1) is 31.5. The smallest absolute Gasteiger partial charge is 0.434 e. The lowest BCUT2D eigenvalue weighted by atomic mass is 9.84. The van der Waals surface area contributed by atoms with Gasteiger partial charge >= 0.3 is 12.3 Å². The molecule has 0 radical (unpaired) electrons. The molecule has 0 bridgehead atoms. The fourth-order valence-corrected chi connectivity index (χ4v) is 9.21. The number of carbonyl (C=O) groups is 2. The zero-order valence-corrected chi connectivity index (χ0v) is 39.5. The summed E-state index contributed by atoms with van der Waals surface area (Å²) < 4.78 is 24.0. The van der Waals surface area contributed by atoms with Gasteiger partial charge < -0.3 is 18.9 Å². The van der Waals surface area contributed by atoms with Crippen LogP contribution in [0, 0.1) is 0 Å². The van der Waals surface area contributed by atoms with E-state index in [0.29, 0.717) is 24.7 Å². The molecule has 0 spiro atoms. The van der Waals surface area contributed by atoms with Crippen LogP contribution in [0.25, 0.3) is 54.2 Å². The number of rotatable bonds is 27. The minimum Gasteiger partial charge on any atom is -0.434 e. The maximum absolute atomic E-state index is 13.5. The standard InChI is InChI=1S/C58H74O6/c1-5-9-13-15-17-19-21-27-39-61-57(59)63-55-47-33-25-23-31-45(47)53(51-41-43(29-11-7-3)35-37-49(51)55)54-46-32-24-26-34-48(46)56(50-38-36-44(30-12-8-4)42-52(50)54)64-58(60)62-40-28-22-20-18-16-14-10-6-2/h23-26,31-38,41-42H,5-22,27-30,39-40H2,1-4H3. The molecule has 0 amide bonds. The average molecular weight is 867 g/mol. The molecule has 0 saturated heterocycles. The van der Waals surface area contributed by atoms with Crippen LogP contribution in [0.1, 0.15) is 167 Å². The SMILES string of the molecule is CCCCCCCCCCOC(=O)Oc1c2ccccc2c(-c2c3ccccc3c(OC(=O)OCCCCCCCCCC)c3ccc(CCCC)cc23)c2cc(CCCC)ccc12. The third kappa shape index (κ3) is 13.0. The van der Waals surface area contributed by atoms with Crippen LogP contribution in [-0.2, 0) is 22.3 Å². The molecular formula is C58H74O6. The molecule has 0 aliphatic rings. The summed E-state index contributed by atoms with van der Waals surface area (Å²) in [5.74, 6) is 1.02. The number of benzene rings is 6. The topological polar surface area (TPSA) is 71.1 Å². The quantitative estimate of drug-likeness (QED) is 0.0222. The number of aryl methyl sites for hydroxylation is 2. The van der Waals surface area contributed by atoms with Gasteiger partial charge in [0.2, 0.25) is 0 Å². The second-order valence-electron chi connectivity index (χ2n) is 17.8. The van der Waals surface area contributed by atoms with Crippen molar-refractivity contribution in [1.29, 1.82) is 0 Å². The van der Waals surface area contributed by atoms with Crippen LogP contribution >= 0.6 is 0 Å². The van der Waals surface area contributed by atoms with E-state index in [4.69, 9.17) is 18.9 Å². The van der Waals surface area contributed by atoms with Crippen LogP contribution in [0.5, 0.6) is 11.5 Å². The maximum Gasteiger partial charge on any atom is 0.513 e. The Hall–Kier alpha value is -5.10. The highest BCUT2D eigenvalue weighted by Crippen LogP contribution is 2.50. The van der Waals surface area contributed by atoms with Crippen LogP contribution in [0.3, 0.4) is 0 Å². The van der Waals surface area contributed by atoms with Gasteiger partial charge in [-0.05, 0) is 82.3 Å². The zero-order valence-electron chi connectivity index (χ0n) is 39.5. The van der Waals surface area contributed by atoms with Crippen LogP contribution in [-0.4, -0.2) is 25.5 Å². The summed E-state index contributed by atoms with van der Waals surface area (Å²) in [6, 6.07) is 29.6. The summed E-state index contributed by atoms with van der Waals surface area (Å²) in [7, 11) is 0. The van der Waals surface area contributed by atoms with E-state index in [-0.39, 0.29) is 0 Å². The second-order valence-corrected chi connectivity index (χ2v) is 17.8. The van der Waals surface area contributed by atoms with Crippen molar-refractivity contribution >= 4 is 55.4 Å². The summed E-state index contributed by atoms with van der Waals surface area (Å²) in [6.45, 7) is 9.59. The predicted molar refractivity (Wildman–Crippen MR) is 268 cm³/mol. The fraction of sp³-hybridized carbons (Fsp3) is 0.483. The third-order valence-electron chi connectivity index (χ3n) is 12.8. The molecule has 0 atom stereocenters. The number of fused-ring (bicyclic) bond motifs is 4. The molecule has 0 N–H and O–H groups in total. The van der Waals surface area contributed by atoms with Crippen molar-refractivity contribution in [2.45, 2.75) is 169 Å². The number of ether oxygens (including phenoxy) is 4. The van der Waals surface area contributed by atoms with Crippen molar-refractivity contribution in [2.24, 2.45) is 0 Å². The highest BCUT2D eigenvalue weighted by molar-refractivity contribution is 6.27. The van der Waals surface area contributed by atoms with Crippen molar-refractivity contribution in [2.75, 3.05) is 13.2 Å². The number of unbranched alkanes of at least 4 members (excludes halogenated alkanes) is 16. The lowest BCUT2D eigenvalue weighted by molar-refractivity contribution is 0.0972. The summed E-state index contributed by atoms with van der Waals surface area (Å²) >= 11 is 0. The van der Waals surface area contributed by atoms with Crippen LogP contribution in [0.15, 0.2) is 84.9 Å². The van der Waals surface area contributed by atoms with Gasteiger partial charge in [0.15, 0.2) is 0 Å². The van der Waals surface area contributed by atoms with E-state index in [9.17, 15) is 9.59 Å². The molecule has 0 fully saturated rings. The minimum atomic E-state index is -0.676. The van der Waals surface area contributed by atoms with Gasteiger partial charge in [-0.15, -0.1) is 0 Å². The first-order valence-corrected chi connectivity index (χ1v) is 25.1. The van der Waals surface area contributed by atoms with Gasteiger partial charge in [-0.3, -0.25) is 0 Å². The van der Waals surface area contributed by atoms with Crippen LogP contribution in [0.4, 0.5) is 9.59 Å². The molecule has 0 heterocycles. The molecule has 0 aliphatic carbocycles. The lowest BCUT2D eigenvalue weighted by Crippen LogP contribution is -2.12. The second kappa shape index (κ2) is 26.0. The Bertz CT molecular complexity index is 2240.